The Bertz CT molecular complexity index is 662. The maximum atomic E-state index is 13.0. The van der Waals surface area contributed by atoms with Crippen LogP contribution in [0.4, 0.5) is 20.2 Å². The Hall–Kier alpha value is -1.95. The first-order chi connectivity index (χ1) is 9.45. The van der Waals surface area contributed by atoms with Crippen molar-refractivity contribution < 1.29 is 13.6 Å². The number of halogens is 3. The van der Waals surface area contributed by atoms with Crippen LogP contribution >= 0.6 is 15.9 Å². The average molecular weight is 341 g/mol. The highest BCUT2D eigenvalue weighted by Crippen LogP contribution is 2.23. The molecule has 3 nitrogen and oxygen atoms in total. The maximum Gasteiger partial charge on any atom is 0.228 e. The number of nitrogens with two attached hydrogens (primary N) is 1. The van der Waals surface area contributed by atoms with Gasteiger partial charge in [-0.3, -0.25) is 4.79 Å². The predicted molar refractivity (Wildman–Crippen MR) is 77.2 cm³/mol. The fourth-order valence-corrected chi connectivity index (χ4v) is 2.06. The number of anilines is 2. The zero-order valence-electron chi connectivity index (χ0n) is 10.3. The van der Waals surface area contributed by atoms with Crippen molar-refractivity contribution in [2.75, 3.05) is 11.1 Å². The predicted octanol–water partition coefficient (Wildman–Crippen LogP) is 3.49. The molecule has 2 aromatic rings. The first-order valence-electron chi connectivity index (χ1n) is 5.74. The third-order valence-electron chi connectivity index (χ3n) is 2.64. The number of benzene rings is 2. The van der Waals surface area contributed by atoms with E-state index >= 15 is 0 Å². The lowest BCUT2D eigenvalue weighted by atomic mass is 10.1. The third kappa shape index (κ3) is 3.54. The van der Waals surface area contributed by atoms with Crippen molar-refractivity contribution in [3.8, 4) is 0 Å². The zero-order chi connectivity index (χ0) is 14.7. The van der Waals surface area contributed by atoms with Gasteiger partial charge in [-0.15, -0.1) is 0 Å². The fraction of sp³-hybridized carbons (Fsp3) is 0.0714. The lowest BCUT2D eigenvalue weighted by Gasteiger charge is -2.08. The van der Waals surface area contributed by atoms with E-state index in [1.165, 1.54) is 6.07 Å². The van der Waals surface area contributed by atoms with Gasteiger partial charge in [0.2, 0.25) is 5.91 Å². The van der Waals surface area contributed by atoms with E-state index < -0.39 is 11.6 Å². The van der Waals surface area contributed by atoms with Crippen LogP contribution in [0, 0.1) is 11.6 Å². The molecule has 0 bridgehead atoms. The van der Waals surface area contributed by atoms with Gasteiger partial charge in [-0.2, -0.15) is 0 Å². The molecule has 0 atom stereocenters. The Balaban J connectivity index is 2.07. The van der Waals surface area contributed by atoms with Crippen molar-refractivity contribution in [3.63, 3.8) is 0 Å². The van der Waals surface area contributed by atoms with Crippen molar-refractivity contribution in [3.05, 3.63) is 58.1 Å². The first kappa shape index (κ1) is 14.5. The minimum Gasteiger partial charge on any atom is -0.397 e. The summed E-state index contributed by atoms with van der Waals surface area (Å²) in [6.07, 6.45) is -0.0628. The third-order valence-corrected chi connectivity index (χ3v) is 3.13. The number of rotatable bonds is 3. The van der Waals surface area contributed by atoms with Crippen molar-refractivity contribution in [1.29, 1.82) is 0 Å². The molecule has 0 spiro atoms. The summed E-state index contributed by atoms with van der Waals surface area (Å²) >= 11 is 3.26. The van der Waals surface area contributed by atoms with E-state index in [1.807, 2.05) is 0 Å². The van der Waals surface area contributed by atoms with Crippen LogP contribution in [0.3, 0.4) is 0 Å². The second-order valence-electron chi connectivity index (χ2n) is 4.20. The molecule has 0 fully saturated rings. The topological polar surface area (TPSA) is 55.1 Å². The van der Waals surface area contributed by atoms with Gasteiger partial charge in [-0.1, -0.05) is 22.0 Å². The van der Waals surface area contributed by atoms with Crippen molar-refractivity contribution >= 4 is 33.2 Å². The molecule has 0 aliphatic rings. The Morgan fingerprint density at radius 2 is 1.90 bits per heavy atom. The quantitative estimate of drug-likeness (QED) is 0.840. The first-order valence-corrected chi connectivity index (χ1v) is 6.54. The molecule has 0 heterocycles. The van der Waals surface area contributed by atoms with Crippen LogP contribution in [0.5, 0.6) is 0 Å². The fourth-order valence-electron chi connectivity index (χ4n) is 1.68. The second-order valence-corrected chi connectivity index (χ2v) is 5.12. The van der Waals surface area contributed by atoms with Crippen LogP contribution < -0.4 is 11.1 Å². The molecule has 0 unspecified atom stereocenters. The van der Waals surface area contributed by atoms with Crippen LogP contribution in [0.25, 0.3) is 0 Å². The van der Waals surface area contributed by atoms with Gasteiger partial charge in [0.25, 0.3) is 0 Å². The van der Waals surface area contributed by atoms with Crippen LogP contribution in [0.2, 0.25) is 0 Å². The van der Waals surface area contributed by atoms with E-state index in [0.717, 1.165) is 16.6 Å². The molecule has 104 valence electrons. The Labute approximate surface area is 122 Å². The van der Waals surface area contributed by atoms with E-state index in [-0.39, 0.29) is 12.3 Å². The summed E-state index contributed by atoms with van der Waals surface area (Å²) in [7, 11) is 0. The van der Waals surface area contributed by atoms with Crippen molar-refractivity contribution in [2.45, 2.75) is 6.42 Å². The molecule has 0 aromatic heterocycles. The number of amides is 1. The van der Waals surface area contributed by atoms with Crippen LogP contribution in [0.15, 0.2) is 40.9 Å². The van der Waals surface area contributed by atoms with E-state index in [1.54, 1.807) is 18.2 Å². The summed E-state index contributed by atoms with van der Waals surface area (Å²) in [4.78, 5) is 11.8. The molecule has 0 radical (unpaired) electrons. The summed E-state index contributed by atoms with van der Waals surface area (Å²) in [5, 5.41) is 2.62. The number of nitrogen functional groups attached to an aromatic ring is 1. The summed E-state index contributed by atoms with van der Waals surface area (Å²) in [5.41, 5.74) is 7.03. The molecular weight excluding hydrogens is 330 g/mol. The molecule has 0 aliphatic carbocycles. The summed E-state index contributed by atoms with van der Waals surface area (Å²) in [6.45, 7) is 0. The average Bonchev–Trinajstić information content (AvgIpc) is 2.37. The number of carbonyl (C=O) groups is 1. The van der Waals surface area contributed by atoms with Gasteiger partial charge in [-0.25, -0.2) is 8.78 Å². The minimum absolute atomic E-state index is 0.0628. The molecule has 0 saturated carbocycles. The van der Waals surface area contributed by atoms with Gasteiger partial charge in [0.15, 0.2) is 11.6 Å². The Morgan fingerprint density at radius 1 is 1.15 bits per heavy atom. The Morgan fingerprint density at radius 3 is 2.55 bits per heavy atom. The van der Waals surface area contributed by atoms with Crippen LogP contribution in [-0.4, -0.2) is 5.91 Å². The van der Waals surface area contributed by atoms with Crippen LogP contribution in [-0.2, 0) is 11.2 Å². The molecule has 2 aromatic carbocycles. The molecular formula is C14H11BrF2N2O. The van der Waals surface area contributed by atoms with Gasteiger partial charge < -0.3 is 11.1 Å². The minimum atomic E-state index is -0.974. The largest absolute Gasteiger partial charge is 0.397 e. The van der Waals surface area contributed by atoms with E-state index in [4.69, 9.17) is 5.73 Å². The van der Waals surface area contributed by atoms with Gasteiger partial charge >= 0.3 is 0 Å². The van der Waals surface area contributed by atoms with Gasteiger partial charge in [0, 0.05) is 4.47 Å². The summed E-state index contributed by atoms with van der Waals surface area (Å²) in [6, 6.07) is 8.41. The summed E-state index contributed by atoms with van der Waals surface area (Å²) in [5.74, 6) is -2.27. The maximum absolute atomic E-state index is 13.0. The van der Waals surface area contributed by atoms with E-state index in [2.05, 4.69) is 21.2 Å². The lowest BCUT2D eigenvalue weighted by Crippen LogP contribution is -2.15. The molecule has 0 saturated heterocycles. The number of hydrogen-bond acceptors (Lipinski definition) is 2. The second kappa shape index (κ2) is 6.00. The number of hydrogen-bond donors (Lipinski definition) is 2. The summed E-state index contributed by atoms with van der Waals surface area (Å²) < 4.78 is 26.6. The molecule has 2 rings (SSSR count). The zero-order valence-corrected chi connectivity index (χ0v) is 11.9. The number of carbonyl (C=O) groups excluding carboxylic acids is 1. The molecule has 1 amide bonds. The van der Waals surface area contributed by atoms with Gasteiger partial charge in [-0.05, 0) is 35.9 Å². The highest BCUT2D eigenvalue weighted by Gasteiger charge is 2.09. The highest BCUT2D eigenvalue weighted by molar-refractivity contribution is 9.10. The van der Waals surface area contributed by atoms with E-state index in [9.17, 15) is 13.6 Å². The van der Waals surface area contributed by atoms with Crippen molar-refractivity contribution in [2.24, 2.45) is 0 Å². The number of nitrogens with one attached hydrogen (secondary N) is 1. The SMILES string of the molecule is Nc1cc(Br)ccc1NC(=O)Cc1ccc(F)c(F)c1. The standard InChI is InChI=1S/C14H11BrF2N2O/c15-9-2-4-13(12(18)7-9)19-14(20)6-8-1-3-10(16)11(17)5-8/h1-5,7H,6,18H2,(H,19,20). The van der Waals surface area contributed by atoms with E-state index in [0.29, 0.717) is 16.9 Å². The Kier molecular flexibility index (Phi) is 4.34. The lowest BCUT2D eigenvalue weighted by molar-refractivity contribution is -0.115. The van der Waals surface area contributed by atoms with Gasteiger partial charge in [0.05, 0.1) is 17.8 Å². The van der Waals surface area contributed by atoms with Gasteiger partial charge in [0.1, 0.15) is 0 Å². The monoisotopic (exact) mass is 340 g/mol. The normalized spacial score (nSPS) is 10.3. The highest BCUT2D eigenvalue weighted by atomic mass is 79.9. The molecule has 20 heavy (non-hydrogen) atoms. The van der Waals surface area contributed by atoms with Crippen LogP contribution in [0.1, 0.15) is 5.56 Å². The van der Waals surface area contributed by atoms with Crippen molar-refractivity contribution in [1.82, 2.24) is 0 Å². The molecule has 0 aliphatic heterocycles. The smallest absolute Gasteiger partial charge is 0.228 e. The molecule has 6 heteroatoms. The molecule has 3 N–H and O–H groups in total.